The predicted octanol–water partition coefficient (Wildman–Crippen LogP) is 3.54. The number of carboxylic acids is 1. The number of carboxylic acid groups (broad SMARTS) is 1. The van der Waals surface area contributed by atoms with Crippen molar-refractivity contribution in [3.8, 4) is 11.3 Å². The molecular weight excluding hydrogens is 284 g/mol. The smallest absolute Gasteiger partial charge is 0.320 e. The fraction of sp³-hybridized carbons (Fsp3) is 0.375. The number of unbranched alkanes of at least 4 members (excludes halogenated alkanes) is 1. The molecule has 2 rings (SSSR count). The largest absolute Gasteiger partial charge is 0.480 e. The first-order chi connectivity index (χ1) is 10.2. The van der Waals surface area contributed by atoms with E-state index in [1.807, 2.05) is 35.7 Å². The SMILES string of the molecule is CCCC[C@H](NCc1nc(-c2ccccc2)cs1)C(=O)O. The summed E-state index contributed by atoms with van der Waals surface area (Å²) in [7, 11) is 0. The highest BCUT2D eigenvalue weighted by Crippen LogP contribution is 2.21. The molecule has 0 bridgehead atoms. The van der Waals surface area contributed by atoms with E-state index in [1.165, 1.54) is 0 Å². The molecule has 5 heteroatoms. The van der Waals surface area contributed by atoms with Crippen LogP contribution in [0.4, 0.5) is 0 Å². The van der Waals surface area contributed by atoms with Gasteiger partial charge in [0, 0.05) is 17.5 Å². The molecule has 0 aliphatic rings. The number of nitrogens with one attached hydrogen (secondary N) is 1. The van der Waals surface area contributed by atoms with Crippen LogP contribution in [-0.4, -0.2) is 22.1 Å². The third-order valence-corrected chi connectivity index (χ3v) is 4.11. The summed E-state index contributed by atoms with van der Waals surface area (Å²) in [5.74, 6) is -0.789. The number of rotatable bonds is 8. The van der Waals surface area contributed by atoms with Gasteiger partial charge in [-0.1, -0.05) is 50.1 Å². The zero-order valence-electron chi connectivity index (χ0n) is 12.1. The minimum absolute atomic E-state index is 0.492. The average Bonchev–Trinajstić information content (AvgIpc) is 2.97. The molecule has 0 radical (unpaired) electrons. The molecule has 4 nitrogen and oxygen atoms in total. The first kappa shape index (κ1) is 15.7. The van der Waals surface area contributed by atoms with E-state index in [2.05, 4.69) is 17.2 Å². The normalized spacial score (nSPS) is 12.2. The molecule has 1 aromatic carbocycles. The Hall–Kier alpha value is -1.72. The van der Waals surface area contributed by atoms with Crippen molar-refractivity contribution in [1.82, 2.24) is 10.3 Å². The van der Waals surface area contributed by atoms with Crippen molar-refractivity contribution < 1.29 is 9.90 Å². The fourth-order valence-electron chi connectivity index (χ4n) is 2.07. The van der Waals surface area contributed by atoms with E-state index in [1.54, 1.807) is 11.3 Å². The van der Waals surface area contributed by atoms with Gasteiger partial charge in [-0.05, 0) is 6.42 Å². The van der Waals surface area contributed by atoms with Gasteiger partial charge in [-0.2, -0.15) is 0 Å². The Labute approximate surface area is 128 Å². The van der Waals surface area contributed by atoms with Crippen LogP contribution in [-0.2, 0) is 11.3 Å². The minimum atomic E-state index is -0.789. The zero-order chi connectivity index (χ0) is 15.1. The second-order valence-electron chi connectivity index (χ2n) is 4.91. The first-order valence-corrected chi connectivity index (χ1v) is 8.04. The van der Waals surface area contributed by atoms with Gasteiger partial charge in [0.15, 0.2) is 0 Å². The molecule has 21 heavy (non-hydrogen) atoms. The minimum Gasteiger partial charge on any atom is -0.480 e. The molecule has 1 heterocycles. The lowest BCUT2D eigenvalue weighted by Crippen LogP contribution is -2.36. The second-order valence-corrected chi connectivity index (χ2v) is 5.85. The predicted molar refractivity (Wildman–Crippen MR) is 85.3 cm³/mol. The zero-order valence-corrected chi connectivity index (χ0v) is 12.9. The Balaban J connectivity index is 1.94. The number of hydrogen-bond acceptors (Lipinski definition) is 4. The maximum absolute atomic E-state index is 11.2. The van der Waals surface area contributed by atoms with Crippen LogP contribution in [0.2, 0.25) is 0 Å². The van der Waals surface area contributed by atoms with Crippen molar-refractivity contribution in [3.63, 3.8) is 0 Å². The highest BCUT2D eigenvalue weighted by Gasteiger charge is 2.16. The van der Waals surface area contributed by atoms with Crippen LogP contribution in [0.15, 0.2) is 35.7 Å². The van der Waals surface area contributed by atoms with E-state index in [9.17, 15) is 9.90 Å². The van der Waals surface area contributed by atoms with Gasteiger partial charge in [0.1, 0.15) is 11.0 Å². The number of aromatic nitrogens is 1. The molecular formula is C16H20N2O2S. The number of nitrogens with zero attached hydrogens (tertiary/aromatic N) is 1. The summed E-state index contributed by atoms with van der Waals surface area (Å²) >= 11 is 1.56. The van der Waals surface area contributed by atoms with E-state index < -0.39 is 12.0 Å². The van der Waals surface area contributed by atoms with Crippen molar-refractivity contribution in [2.45, 2.75) is 38.8 Å². The number of carbonyl (C=O) groups is 1. The van der Waals surface area contributed by atoms with Gasteiger partial charge < -0.3 is 5.11 Å². The molecule has 1 aromatic heterocycles. The highest BCUT2D eigenvalue weighted by atomic mass is 32.1. The Morgan fingerprint density at radius 2 is 2.14 bits per heavy atom. The molecule has 2 aromatic rings. The monoisotopic (exact) mass is 304 g/mol. The number of aliphatic carboxylic acids is 1. The maximum Gasteiger partial charge on any atom is 0.320 e. The summed E-state index contributed by atoms with van der Waals surface area (Å²) in [5, 5.41) is 15.2. The summed E-state index contributed by atoms with van der Waals surface area (Å²) in [4.78, 5) is 15.7. The van der Waals surface area contributed by atoms with Crippen LogP contribution in [0.25, 0.3) is 11.3 Å². The summed E-state index contributed by atoms with van der Waals surface area (Å²) < 4.78 is 0. The van der Waals surface area contributed by atoms with Crippen molar-refractivity contribution in [2.75, 3.05) is 0 Å². The van der Waals surface area contributed by atoms with Crippen molar-refractivity contribution in [2.24, 2.45) is 0 Å². The lowest BCUT2D eigenvalue weighted by molar-refractivity contribution is -0.139. The third-order valence-electron chi connectivity index (χ3n) is 3.27. The van der Waals surface area contributed by atoms with E-state index in [-0.39, 0.29) is 0 Å². The lowest BCUT2D eigenvalue weighted by atomic mass is 10.1. The maximum atomic E-state index is 11.2. The van der Waals surface area contributed by atoms with E-state index >= 15 is 0 Å². The summed E-state index contributed by atoms with van der Waals surface area (Å²) in [6.07, 6.45) is 2.57. The average molecular weight is 304 g/mol. The molecule has 0 aliphatic carbocycles. The Morgan fingerprint density at radius 3 is 2.81 bits per heavy atom. The van der Waals surface area contributed by atoms with Gasteiger partial charge in [-0.3, -0.25) is 10.1 Å². The molecule has 0 spiro atoms. The summed E-state index contributed by atoms with van der Waals surface area (Å²) in [6.45, 7) is 2.56. The number of benzene rings is 1. The fourth-order valence-corrected chi connectivity index (χ4v) is 2.82. The quantitative estimate of drug-likeness (QED) is 0.783. The molecule has 0 amide bonds. The second kappa shape index (κ2) is 7.90. The van der Waals surface area contributed by atoms with Crippen LogP contribution < -0.4 is 5.32 Å². The molecule has 112 valence electrons. The van der Waals surface area contributed by atoms with Gasteiger partial charge in [-0.25, -0.2) is 4.98 Å². The van der Waals surface area contributed by atoms with Crippen molar-refractivity contribution in [3.05, 3.63) is 40.7 Å². The molecule has 0 unspecified atom stereocenters. The molecule has 0 saturated heterocycles. The van der Waals surface area contributed by atoms with Gasteiger partial charge in [0.2, 0.25) is 0 Å². The Bertz CT molecular complexity index is 569. The number of hydrogen-bond donors (Lipinski definition) is 2. The van der Waals surface area contributed by atoms with Crippen LogP contribution >= 0.6 is 11.3 Å². The molecule has 2 N–H and O–H groups in total. The topological polar surface area (TPSA) is 62.2 Å². The van der Waals surface area contributed by atoms with E-state index in [0.717, 1.165) is 29.1 Å². The molecule has 0 saturated carbocycles. The van der Waals surface area contributed by atoms with Gasteiger partial charge >= 0.3 is 5.97 Å². The molecule has 1 atom stereocenters. The van der Waals surface area contributed by atoms with Crippen molar-refractivity contribution in [1.29, 1.82) is 0 Å². The number of thiazole rings is 1. The van der Waals surface area contributed by atoms with Crippen LogP contribution in [0.1, 0.15) is 31.2 Å². The van der Waals surface area contributed by atoms with Crippen LogP contribution in [0, 0.1) is 0 Å². The Morgan fingerprint density at radius 1 is 1.38 bits per heavy atom. The van der Waals surface area contributed by atoms with Crippen molar-refractivity contribution >= 4 is 17.3 Å². The Kier molecular flexibility index (Phi) is 5.90. The molecule has 0 fully saturated rings. The van der Waals surface area contributed by atoms with Crippen LogP contribution in [0.3, 0.4) is 0 Å². The van der Waals surface area contributed by atoms with Gasteiger partial charge in [0.05, 0.1) is 5.69 Å². The van der Waals surface area contributed by atoms with Crippen LogP contribution in [0.5, 0.6) is 0 Å². The molecule has 0 aliphatic heterocycles. The van der Waals surface area contributed by atoms with E-state index in [0.29, 0.717) is 13.0 Å². The summed E-state index contributed by atoms with van der Waals surface area (Å²) in [6, 6.07) is 9.49. The lowest BCUT2D eigenvalue weighted by Gasteiger charge is -2.12. The third kappa shape index (κ3) is 4.65. The standard InChI is InChI=1S/C16H20N2O2S/c1-2-3-9-13(16(19)20)17-10-15-18-14(11-21-15)12-7-5-4-6-8-12/h4-8,11,13,17H,2-3,9-10H2,1H3,(H,19,20)/t13-/m0/s1. The summed E-state index contributed by atoms with van der Waals surface area (Å²) in [5.41, 5.74) is 2.03. The highest BCUT2D eigenvalue weighted by molar-refractivity contribution is 7.09. The van der Waals surface area contributed by atoms with Gasteiger partial charge in [-0.15, -0.1) is 11.3 Å². The van der Waals surface area contributed by atoms with Gasteiger partial charge in [0.25, 0.3) is 0 Å². The first-order valence-electron chi connectivity index (χ1n) is 7.16. The van der Waals surface area contributed by atoms with E-state index in [4.69, 9.17) is 0 Å².